The highest BCUT2D eigenvalue weighted by molar-refractivity contribution is 5.76. The molecule has 0 saturated carbocycles. The summed E-state index contributed by atoms with van der Waals surface area (Å²) in [4.78, 5) is 10.9. The molecule has 2 aromatic rings. The number of benzene rings is 1. The molecule has 1 aromatic carbocycles. The van der Waals surface area contributed by atoms with E-state index >= 15 is 0 Å². The monoisotopic (exact) mass is 260 g/mol. The lowest BCUT2D eigenvalue weighted by Gasteiger charge is -2.07. The lowest BCUT2D eigenvalue weighted by Crippen LogP contribution is -2.02. The van der Waals surface area contributed by atoms with Crippen LogP contribution < -0.4 is 4.74 Å². The Hall–Kier alpha value is -2.30. The van der Waals surface area contributed by atoms with Crippen LogP contribution in [0.3, 0.4) is 0 Å². The van der Waals surface area contributed by atoms with E-state index in [0.717, 1.165) is 28.1 Å². The van der Waals surface area contributed by atoms with Gasteiger partial charge in [0.15, 0.2) is 0 Å². The maximum Gasteiger partial charge on any atom is 0.307 e. The largest absolute Gasteiger partial charge is 0.496 e. The van der Waals surface area contributed by atoms with E-state index in [1.807, 2.05) is 32.0 Å². The molecule has 19 heavy (non-hydrogen) atoms. The number of methoxy groups -OCH3 is 1. The first-order valence-corrected chi connectivity index (χ1v) is 5.93. The summed E-state index contributed by atoms with van der Waals surface area (Å²) in [5.74, 6) is -0.0632. The normalized spacial score (nSPS) is 10.5. The Morgan fingerprint density at radius 2 is 2.16 bits per heavy atom. The maximum absolute atomic E-state index is 10.9. The number of carboxylic acids is 1. The van der Waals surface area contributed by atoms with Gasteiger partial charge < -0.3 is 9.84 Å². The summed E-state index contributed by atoms with van der Waals surface area (Å²) in [5.41, 5.74) is 4.06. The second-order valence-electron chi connectivity index (χ2n) is 4.43. The summed E-state index contributed by atoms with van der Waals surface area (Å²) < 4.78 is 5.21. The number of carbonyl (C=O) groups is 1. The topological polar surface area (TPSA) is 75.2 Å². The van der Waals surface area contributed by atoms with E-state index in [1.54, 1.807) is 7.11 Å². The fourth-order valence-electron chi connectivity index (χ4n) is 2.08. The van der Waals surface area contributed by atoms with Crippen LogP contribution in [-0.2, 0) is 11.2 Å². The number of nitrogens with zero attached hydrogens (tertiary/aromatic N) is 1. The van der Waals surface area contributed by atoms with Crippen molar-refractivity contribution in [1.29, 1.82) is 0 Å². The number of nitrogens with one attached hydrogen (secondary N) is 1. The number of ether oxygens (including phenoxy) is 1. The van der Waals surface area contributed by atoms with Crippen molar-refractivity contribution in [3.8, 4) is 17.0 Å². The zero-order valence-electron chi connectivity index (χ0n) is 11.2. The Bertz CT molecular complexity index is 617. The molecule has 0 aliphatic rings. The third-order valence-corrected chi connectivity index (χ3v) is 3.07. The van der Waals surface area contributed by atoms with Gasteiger partial charge >= 0.3 is 5.97 Å². The third-order valence-electron chi connectivity index (χ3n) is 3.07. The minimum atomic E-state index is -0.865. The number of aliphatic carboxylic acids is 1. The van der Waals surface area contributed by atoms with Gasteiger partial charge in [-0.15, -0.1) is 0 Å². The first kappa shape index (κ1) is 13.1. The highest BCUT2D eigenvalue weighted by Gasteiger charge is 2.15. The molecule has 0 amide bonds. The van der Waals surface area contributed by atoms with Crippen LogP contribution in [0.1, 0.15) is 16.8 Å². The summed E-state index contributed by atoms with van der Waals surface area (Å²) in [7, 11) is 1.62. The van der Waals surface area contributed by atoms with Crippen molar-refractivity contribution in [2.75, 3.05) is 7.11 Å². The maximum atomic E-state index is 10.9. The number of aromatic nitrogens is 2. The van der Waals surface area contributed by atoms with E-state index in [1.165, 1.54) is 0 Å². The van der Waals surface area contributed by atoms with E-state index in [2.05, 4.69) is 10.2 Å². The van der Waals surface area contributed by atoms with Crippen molar-refractivity contribution in [2.24, 2.45) is 0 Å². The number of H-pyrrole nitrogens is 1. The minimum Gasteiger partial charge on any atom is -0.496 e. The summed E-state index contributed by atoms with van der Waals surface area (Å²) >= 11 is 0. The number of aryl methyl sites for hydroxylation is 2. The lowest BCUT2D eigenvalue weighted by molar-refractivity contribution is -0.136. The molecule has 0 spiro atoms. The Labute approximate surface area is 111 Å². The van der Waals surface area contributed by atoms with Crippen LogP contribution in [0.5, 0.6) is 5.75 Å². The molecular weight excluding hydrogens is 244 g/mol. The lowest BCUT2D eigenvalue weighted by atomic mass is 10.0. The number of aromatic amines is 1. The molecule has 0 bridgehead atoms. The second kappa shape index (κ2) is 5.14. The van der Waals surface area contributed by atoms with Crippen LogP contribution in [0.25, 0.3) is 11.3 Å². The molecule has 0 atom stereocenters. The van der Waals surface area contributed by atoms with Crippen LogP contribution in [0, 0.1) is 13.8 Å². The SMILES string of the molecule is COc1ccc(-c2n[nH]c(C)c2CC(=O)O)cc1C. The molecule has 1 aromatic heterocycles. The summed E-state index contributed by atoms with van der Waals surface area (Å²) in [6, 6.07) is 5.69. The van der Waals surface area contributed by atoms with Gasteiger partial charge in [-0.25, -0.2) is 0 Å². The zero-order chi connectivity index (χ0) is 14.0. The molecule has 0 aliphatic heterocycles. The van der Waals surface area contributed by atoms with E-state index in [0.29, 0.717) is 5.69 Å². The van der Waals surface area contributed by atoms with Crippen molar-refractivity contribution in [2.45, 2.75) is 20.3 Å². The minimum absolute atomic E-state index is 0.0389. The molecule has 2 rings (SSSR count). The molecule has 5 heteroatoms. The van der Waals surface area contributed by atoms with Crippen LogP contribution in [0.4, 0.5) is 0 Å². The van der Waals surface area contributed by atoms with Gasteiger partial charge in [0.2, 0.25) is 0 Å². The molecule has 0 aliphatic carbocycles. The average Bonchev–Trinajstić information content (AvgIpc) is 2.70. The Morgan fingerprint density at radius 1 is 1.42 bits per heavy atom. The molecule has 2 N–H and O–H groups in total. The smallest absolute Gasteiger partial charge is 0.307 e. The van der Waals surface area contributed by atoms with E-state index in [-0.39, 0.29) is 6.42 Å². The van der Waals surface area contributed by atoms with Gasteiger partial charge in [0.05, 0.1) is 19.2 Å². The van der Waals surface area contributed by atoms with Gasteiger partial charge in [-0.1, -0.05) is 0 Å². The predicted octanol–water partition coefficient (Wildman–Crippen LogP) is 2.33. The Balaban J connectivity index is 2.47. The van der Waals surface area contributed by atoms with Gasteiger partial charge in [-0.05, 0) is 37.6 Å². The fraction of sp³-hybridized carbons (Fsp3) is 0.286. The Kier molecular flexibility index (Phi) is 3.55. The van der Waals surface area contributed by atoms with Gasteiger partial charge in [0.1, 0.15) is 5.75 Å². The van der Waals surface area contributed by atoms with Crippen LogP contribution in [0.15, 0.2) is 18.2 Å². The van der Waals surface area contributed by atoms with E-state index in [9.17, 15) is 4.79 Å². The van der Waals surface area contributed by atoms with Crippen LogP contribution >= 0.6 is 0 Å². The zero-order valence-corrected chi connectivity index (χ0v) is 11.2. The summed E-state index contributed by atoms with van der Waals surface area (Å²) in [6.07, 6.45) is -0.0389. The molecule has 0 radical (unpaired) electrons. The van der Waals surface area contributed by atoms with Gasteiger partial charge in [0.25, 0.3) is 0 Å². The van der Waals surface area contributed by atoms with E-state index in [4.69, 9.17) is 9.84 Å². The van der Waals surface area contributed by atoms with Crippen molar-refractivity contribution in [1.82, 2.24) is 10.2 Å². The van der Waals surface area contributed by atoms with Gasteiger partial charge in [-0.3, -0.25) is 9.89 Å². The predicted molar refractivity (Wildman–Crippen MR) is 71.4 cm³/mol. The molecule has 0 fully saturated rings. The fourth-order valence-corrected chi connectivity index (χ4v) is 2.08. The standard InChI is InChI=1S/C14H16N2O3/c1-8-6-10(4-5-12(8)19-3)14-11(7-13(17)18)9(2)15-16-14/h4-6H,7H2,1-3H3,(H,15,16)(H,17,18). The van der Waals surface area contributed by atoms with Gasteiger partial charge in [-0.2, -0.15) is 5.10 Å². The quantitative estimate of drug-likeness (QED) is 0.884. The first-order valence-electron chi connectivity index (χ1n) is 5.93. The Morgan fingerprint density at radius 3 is 2.74 bits per heavy atom. The molecule has 1 heterocycles. The highest BCUT2D eigenvalue weighted by atomic mass is 16.5. The molecular formula is C14H16N2O3. The van der Waals surface area contributed by atoms with Crippen molar-refractivity contribution >= 4 is 5.97 Å². The van der Waals surface area contributed by atoms with Crippen LogP contribution in [0.2, 0.25) is 0 Å². The number of hydrogen-bond acceptors (Lipinski definition) is 3. The van der Waals surface area contributed by atoms with Crippen molar-refractivity contribution in [3.05, 3.63) is 35.0 Å². The highest BCUT2D eigenvalue weighted by Crippen LogP contribution is 2.28. The number of rotatable bonds is 4. The molecule has 0 unspecified atom stereocenters. The summed E-state index contributed by atoms with van der Waals surface area (Å²) in [5, 5.41) is 16.0. The molecule has 0 saturated heterocycles. The summed E-state index contributed by atoms with van der Waals surface area (Å²) in [6.45, 7) is 3.77. The number of carboxylic acid groups (broad SMARTS) is 1. The molecule has 100 valence electrons. The van der Waals surface area contributed by atoms with Crippen molar-refractivity contribution < 1.29 is 14.6 Å². The van der Waals surface area contributed by atoms with Crippen LogP contribution in [-0.4, -0.2) is 28.4 Å². The third kappa shape index (κ3) is 2.59. The van der Waals surface area contributed by atoms with Gasteiger partial charge in [0, 0.05) is 16.8 Å². The average molecular weight is 260 g/mol. The van der Waals surface area contributed by atoms with Crippen molar-refractivity contribution in [3.63, 3.8) is 0 Å². The number of hydrogen-bond donors (Lipinski definition) is 2. The van der Waals surface area contributed by atoms with E-state index < -0.39 is 5.97 Å². The molecule has 5 nitrogen and oxygen atoms in total. The second-order valence-corrected chi connectivity index (χ2v) is 4.43. The first-order chi connectivity index (χ1) is 9.02.